The molecule has 1 N–H and O–H groups in total. The third-order valence-corrected chi connectivity index (χ3v) is 8.36. The highest BCUT2D eigenvalue weighted by Crippen LogP contribution is 2.36. The van der Waals surface area contributed by atoms with Gasteiger partial charge in [0.1, 0.15) is 0 Å². The van der Waals surface area contributed by atoms with Crippen molar-refractivity contribution < 1.29 is 8.78 Å². The lowest BCUT2D eigenvalue weighted by Gasteiger charge is -2.22. The van der Waals surface area contributed by atoms with Crippen LogP contribution in [0.15, 0.2) is 72.3 Å². The Bertz CT molecular complexity index is 1490. The van der Waals surface area contributed by atoms with Crippen LogP contribution in [0.2, 0.25) is 0 Å². The number of nitrogens with one attached hydrogen (secondary N) is 1. The van der Waals surface area contributed by atoms with E-state index in [1.54, 1.807) is 18.2 Å². The summed E-state index contributed by atoms with van der Waals surface area (Å²) < 4.78 is 27.8. The topological polar surface area (TPSA) is 54.6 Å². The molecular weight excluding hydrogens is 526 g/mol. The van der Waals surface area contributed by atoms with Crippen LogP contribution in [-0.4, -0.2) is 20.5 Å². The fourth-order valence-electron chi connectivity index (χ4n) is 6.03. The maximum Gasteiger partial charge on any atom is 0.273 e. The number of nitrogens with zero attached hydrogens (tertiary/aromatic N) is 3. The Morgan fingerprint density at radius 2 is 1.74 bits per heavy atom. The summed E-state index contributed by atoms with van der Waals surface area (Å²) in [7, 11) is 0. The average molecular weight is 571 g/mol. The summed E-state index contributed by atoms with van der Waals surface area (Å²) >= 11 is 0. The van der Waals surface area contributed by atoms with Crippen LogP contribution in [0.3, 0.4) is 0 Å². The summed E-state index contributed by atoms with van der Waals surface area (Å²) in [5.74, 6) is -1.73. The van der Waals surface area contributed by atoms with Gasteiger partial charge in [-0.2, -0.15) is 5.10 Å². The van der Waals surface area contributed by atoms with Crippen molar-refractivity contribution in [1.29, 1.82) is 5.41 Å². The summed E-state index contributed by atoms with van der Waals surface area (Å²) in [6.45, 7) is 12.2. The van der Waals surface area contributed by atoms with Gasteiger partial charge in [-0.1, -0.05) is 88.6 Å². The van der Waals surface area contributed by atoms with Gasteiger partial charge >= 0.3 is 0 Å². The van der Waals surface area contributed by atoms with Crippen molar-refractivity contribution in [3.63, 3.8) is 0 Å². The first kappa shape index (κ1) is 31.3. The summed E-state index contributed by atoms with van der Waals surface area (Å²) in [6, 6.07) is 12.3. The number of halogens is 2. The maximum atomic E-state index is 12.9. The largest absolute Gasteiger partial charge is 0.300 e. The zero-order valence-electron chi connectivity index (χ0n) is 25.8. The lowest BCUT2D eigenvalue weighted by Crippen LogP contribution is -2.10. The van der Waals surface area contributed by atoms with Gasteiger partial charge in [-0.25, -0.2) is 13.5 Å². The second-order valence-electron chi connectivity index (χ2n) is 11.6. The minimum Gasteiger partial charge on any atom is -0.300 e. The number of benzene rings is 1. The van der Waals surface area contributed by atoms with Crippen molar-refractivity contribution in [2.24, 2.45) is 0 Å². The molecule has 6 heteroatoms. The van der Waals surface area contributed by atoms with Gasteiger partial charge in [0.25, 0.3) is 5.92 Å². The molecule has 4 nitrogen and oxygen atoms in total. The molecule has 1 fully saturated rings. The highest BCUT2D eigenvalue weighted by Gasteiger charge is 2.28. The molecule has 42 heavy (non-hydrogen) atoms. The molecule has 1 aromatic carbocycles. The molecule has 3 aromatic rings. The molecule has 2 aromatic heterocycles. The molecule has 0 atom stereocenters. The molecule has 2 aliphatic carbocycles. The Kier molecular flexibility index (Phi) is 10.1. The van der Waals surface area contributed by atoms with Gasteiger partial charge in [0.15, 0.2) is 0 Å². The minimum atomic E-state index is -2.67. The van der Waals surface area contributed by atoms with Crippen LogP contribution in [0.4, 0.5) is 8.78 Å². The van der Waals surface area contributed by atoms with E-state index in [4.69, 9.17) is 15.5 Å². The molecular formula is C36H44F2N4. The highest BCUT2D eigenvalue weighted by atomic mass is 19.3. The van der Waals surface area contributed by atoms with Crippen molar-refractivity contribution >= 4 is 11.3 Å². The molecule has 0 unspecified atom stereocenters. The van der Waals surface area contributed by atoms with Crippen LogP contribution in [0.1, 0.15) is 112 Å². The average Bonchev–Trinajstić information content (AvgIpc) is 3.34. The summed E-state index contributed by atoms with van der Waals surface area (Å²) in [6.07, 6.45) is 14.3. The van der Waals surface area contributed by atoms with Crippen LogP contribution in [-0.2, 0) is 5.92 Å². The third-order valence-electron chi connectivity index (χ3n) is 8.36. The summed E-state index contributed by atoms with van der Waals surface area (Å²) in [4.78, 5) is 5.02. The Balaban J connectivity index is 0.000000310. The number of alkyl halides is 2. The molecule has 222 valence electrons. The number of allylic oxidation sites excluding steroid dienone is 6. The zero-order chi connectivity index (χ0) is 30.4. The maximum absolute atomic E-state index is 12.9. The predicted octanol–water partition coefficient (Wildman–Crippen LogP) is 10.2. The van der Waals surface area contributed by atoms with E-state index in [0.717, 1.165) is 33.9 Å². The molecule has 0 saturated heterocycles. The first-order valence-corrected chi connectivity index (χ1v) is 15.2. The van der Waals surface area contributed by atoms with Gasteiger partial charge in [-0.15, -0.1) is 0 Å². The number of pyridine rings is 1. The van der Waals surface area contributed by atoms with Crippen LogP contribution < -0.4 is 0 Å². The molecule has 0 aliphatic heterocycles. The lowest BCUT2D eigenvalue weighted by molar-refractivity contribution is -0.00828. The van der Waals surface area contributed by atoms with E-state index in [0.29, 0.717) is 17.5 Å². The number of aromatic nitrogens is 3. The van der Waals surface area contributed by atoms with E-state index in [1.807, 2.05) is 25.2 Å². The monoisotopic (exact) mass is 570 g/mol. The van der Waals surface area contributed by atoms with E-state index >= 15 is 0 Å². The fourth-order valence-corrected chi connectivity index (χ4v) is 6.03. The van der Waals surface area contributed by atoms with Crippen molar-refractivity contribution in [3.8, 4) is 5.69 Å². The zero-order valence-corrected chi connectivity index (χ0v) is 25.8. The van der Waals surface area contributed by atoms with Crippen molar-refractivity contribution in [2.75, 3.05) is 0 Å². The molecule has 0 spiro atoms. The Labute approximate surface area is 249 Å². The molecule has 5 rings (SSSR count). The standard InChI is InChI=1S/C27H34N4.C9H10F2/c1-6-21-22(13-10-14-23(21)28)27-26(17(2)3)19(5)31(30-27)25-16-15-24(29-18(25)4)20-11-8-7-9-12-20;1-2-9(10,11)8-6-4-3-5-7-8/h6,10,13-17,20,28H,7-9,11-12H2,1-5H3;3-7H,2H2,1H3/b21-6-,28-23?;. The van der Waals surface area contributed by atoms with Crippen LogP contribution in [0.5, 0.6) is 0 Å². The molecule has 0 bridgehead atoms. The van der Waals surface area contributed by atoms with Crippen LogP contribution in [0, 0.1) is 19.3 Å². The fraction of sp³-hybridized carbons (Fsp3) is 0.417. The Morgan fingerprint density at radius 1 is 1.05 bits per heavy atom. The van der Waals surface area contributed by atoms with E-state index in [-0.39, 0.29) is 12.0 Å². The Hall–Kier alpha value is -3.67. The van der Waals surface area contributed by atoms with Gasteiger partial charge in [-0.05, 0) is 57.7 Å². The van der Waals surface area contributed by atoms with Gasteiger partial charge in [0.2, 0.25) is 0 Å². The number of rotatable bonds is 6. The smallest absolute Gasteiger partial charge is 0.273 e. The molecule has 2 heterocycles. The van der Waals surface area contributed by atoms with Gasteiger partial charge in [-0.3, -0.25) is 4.98 Å². The van der Waals surface area contributed by atoms with Gasteiger partial charge in [0.05, 0.1) is 22.8 Å². The first-order chi connectivity index (χ1) is 20.1. The molecule has 2 aliphatic rings. The first-order valence-electron chi connectivity index (χ1n) is 15.2. The number of aryl methyl sites for hydroxylation is 1. The van der Waals surface area contributed by atoms with E-state index in [9.17, 15) is 8.78 Å². The molecule has 1 saturated carbocycles. The normalized spacial score (nSPS) is 16.9. The van der Waals surface area contributed by atoms with Crippen molar-refractivity contribution in [2.45, 2.75) is 97.8 Å². The highest BCUT2D eigenvalue weighted by molar-refractivity contribution is 6.19. The SMILES string of the molecule is C/C=C1\C(=N)C=CC=C1c1nn(-c2ccc(C3CCCCC3)nc2C)c(C)c1C(C)C.CCC(F)(F)c1ccccc1. The van der Waals surface area contributed by atoms with Crippen LogP contribution >= 0.6 is 0 Å². The molecule has 0 amide bonds. The third kappa shape index (κ3) is 6.69. The number of hydrogen-bond acceptors (Lipinski definition) is 3. The van der Waals surface area contributed by atoms with Gasteiger partial charge < -0.3 is 5.41 Å². The quantitative estimate of drug-likeness (QED) is 0.321. The molecule has 0 radical (unpaired) electrons. The second kappa shape index (κ2) is 13.5. The number of hydrogen-bond donors (Lipinski definition) is 1. The predicted molar refractivity (Wildman–Crippen MR) is 170 cm³/mol. The van der Waals surface area contributed by atoms with Crippen molar-refractivity contribution in [3.05, 3.63) is 106 Å². The van der Waals surface area contributed by atoms with E-state index < -0.39 is 5.92 Å². The summed E-state index contributed by atoms with van der Waals surface area (Å²) in [5.41, 5.74) is 9.30. The van der Waals surface area contributed by atoms with Crippen LogP contribution in [0.25, 0.3) is 11.3 Å². The van der Waals surface area contributed by atoms with Gasteiger partial charge in [0, 0.05) is 46.0 Å². The van der Waals surface area contributed by atoms with Crippen molar-refractivity contribution in [1.82, 2.24) is 14.8 Å². The second-order valence-corrected chi connectivity index (χ2v) is 11.6. The van der Waals surface area contributed by atoms with E-state index in [2.05, 4.69) is 50.6 Å². The summed E-state index contributed by atoms with van der Waals surface area (Å²) in [5, 5.41) is 13.4. The Morgan fingerprint density at radius 3 is 2.33 bits per heavy atom. The lowest BCUT2D eigenvalue weighted by atomic mass is 9.86. The minimum absolute atomic E-state index is 0.0995. The van der Waals surface area contributed by atoms with E-state index in [1.165, 1.54) is 62.4 Å².